The first kappa shape index (κ1) is 24.9. The Morgan fingerprint density at radius 3 is 2.59 bits per heavy atom. The first-order chi connectivity index (χ1) is 15.1. The SMILES string of the molecule is C=C1C2=CC(C)(CCC(C)(CC)CC)CC=C2Sc2ccc(C/C(C)=C/C(C)=C\C)cc21. The maximum atomic E-state index is 4.58. The third kappa shape index (κ3) is 5.60. The van der Waals surface area contributed by atoms with Crippen molar-refractivity contribution in [3.05, 3.63) is 81.8 Å². The van der Waals surface area contributed by atoms with Crippen molar-refractivity contribution in [1.82, 2.24) is 0 Å². The lowest BCUT2D eigenvalue weighted by molar-refractivity contribution is 0.223. The van der Waals surface area contributed by atoms with E-state index >= 15 is 0 Å². The van der Waals surface area contributed by atoms with Gasteiger partial charge in [0.25, 0.3) is 0 Å². The summed E-state index contributed by atoms with van der Waals surface area (Å²) < 4.78 is 0. The number of allylic oxidation sites excluding steroid dienone is 8. The molecule has 0 saturated carbocycles. The Labute approximate surface area is 201 Å². The van der Waals surface area contributed by atoms with Crippen molar-refractivity contribution < 1.29 is 0 Å². The molecule has 0 N–H and O–H groups in total. The summed E-state index contributed by atoms with van der Waals surface area (Å²) in [6.07, 6.45) is 16.7. The van der Waals surface area contributed by atoms with Crippen LogP contribution in [0, 0.1) is 10.8 Å². The van der Waals surface area contributed by atoms with Crippen LogP contribution in [0.3, 0.4) is 0 Å². The van der Waals surface area contributed by atoms with Crippen LogP contribution < -0.4 is 0 Å². The van der Waals surface area contributed by atoms with E-state index in [0.29, 0.717) is 5.41 Å². The molecule has 3 rings (SSSR count). The van der Waals surface area contributed by atoms with Gasteiger partial charge in [-0.15, -0.1) is 0 Å². The van der Waals surface area contributed by atoms with Crippen molar-refractivity contribution in [1.29, 1.82) is 0 Å². The molecule has 1 aliphatic heterocycles. The summed E-state index contributed by atoms with van der Waals surface area (Å²) in [6.45, 7) is 20.7. The molecule has 0 radical (unpaired) electrons. The van der Waals surface area contributed by atoms with Crippen molar-refractivity contribution in [3.63, 3.8) is 0 Å². The monoisotopic (exact) mass is 446 g/mol. The summed E-state index contributed by atoms with van der Waals surface area (Å²) in [4.78, 5) is 2.75. The van der Waals surface area contributed by atoms with E-state index in [2.05, 4.69) is 97.5 Å². The van der Waals surface area contributed by atoms with Gasteiger partial charge in [-0.25, -0.2) is 0 Å². The summed E-state index contributed by atoms with van der Waals surface area (Å²) in [5.74, 6) is 0. The Kier molecular flexibility index (Phi) is 7.81. The topological polar surface area (TPSA) is 0 Å². The summed E-state index contributed by atoms with van der Waals surface area (Å²) in [6, 6.07) is 6.97. The van der Waals surface area contributed by atoms with Gasteiger partial charge in [0.15, 0.2) is 0 Å². The first-order valence-electron chi connectivity index (χ1n) is 12.4. The molecule has 1 aromatic rings. The Bertz CT molecular complexity index is 993. The van der Waals surface area contributed by atoms with Crippen LogP contribution in [0.25, 0.3) is 5.57 Å². The highest BCUT2D eigenvalue weighted by molar-refractivity contribution is 8.03. The molecule has 1 aromatic carbocycles. The average Bonchev–Trinajstić information content (AvgIpc) is 2.78. The lowest BCUT2D eigenvalue weighted by Gasteiger charge is -2.37. The first-order valence-corrected chi connectivity index (χ1v) is 13.2. The largest absolute Gasteiger partial charge is 0.0905 e. The van der Waals surface area contributed by atoms with Gasteiger partial charge < -0.3 is 0 Å². The predicted octanol–water partition coefficient (Wildman–Crippen LogP) is 10.1. The van der Waals surface area contributed by atoms with E-state index in [1.165, 1.54) is 68.9 Å². The van der Waals surface area contributed by atoms with Gasteiger partial charge in [0, 0.05) is 9.80 Å². The minimum Gasteiger partial charge on any atom is -0.0905 e. The zero-order chi connectivity index (χ0) is 23.5. The minimum atomic E-state index is 0.229. The minimum absolute atomic E-state index is 0.229. The Balaban J connectivity index is 1.84. The number of rotatable bonds is 8. The molecule has 0 spiro atoms. The van der Waals surface area contributed by atoms with E-state index in [-0.39, 0.29) is 5.41 Å². The molecule has 0 fully saturated rings. The third-order valence-electron chi connectivity index (χ3n) is 7.85. The molecule has 0 aromatic heterocycles. The highest BCUT2D eigenvalue weighted by Crippen LogP contribution is 2.52. The van der Waals surface area contributed by atoms with E-state index in [4.69, 9.17) is 0 Å². The molecule has 1 heteroatoms. The van der Waals surface area contributed by atoms with E-state index in [0.717, 1.165) is 12.8 Å². The van der Waals surface area contributed by atoms with Crippen molar-refractivity contribution in [2.45, 2.75) is 91.9 Å². The average molecular weight is 447 g/mol. The van der Waals surface area contributed by atoms with Crippen LogP contribution in [-0.4, -0.2) is 0 Å². The summed E-state index contributed by atoms with van der Waals surface area (Å²) >= 11 is 1.93. The van der Waals surface area contributed by atoms with Gasteiger partial charge in [-0.3, -0.25) is 0 Å². The molecule has 1 aliphatic carbocycles. The van der Waals surface area contributed by atoms with Crippen LogP contribution in [-0.2, 0) is 6.42 Å². The van der Waals surface area contributed by atoms with Gasteiger partial charge >= 0.3 is 0 Å². The quantitative estimate of drug-likeness (QED) is 0.358. The molecule has 0 saturated heterocycles. The van der Waals surface area contributed by atoms with Gasteiger partial charge in [0.1, 0.15) is 0 Å². The molecule has 0 bridgehead atoms. The molecule has 32 heavy (non-hydrogen) atoms. The lowest BCUT2D eigenvalue weighted by Crippen LogP contribution is -2.23. The number of benzene rings is 1. The Hall–Kier alpha value is -1.73. The van der Waals surface area contributed by atoms with Gasteiger partial charge in [0.2, 0.25) is 0 Å². The summed E-state index contributed by atoms with van der Waals surface area (Å²) in [5, 5.41) is 0. The van der Waals surface area contributed by atoms with Crippen LogP contribution in [0.2, 0.25) is 0 Å². The third-order valence-corrected chi connectivity index (χ3v) is 9.03. The second-order valence-electron chi connectivity index (χ2n) is 10.6. The molecular formula is C31H42S. The van der Waals surface area contributed by atoms with Crippen LogP contribution >= 0.6 is 11.8 Å². The second-order valence-corrected chi connectivity index (χ2v) is 11.7. The summed E-state index contributed by atoms with van der Waals surface area (Å²) in [5.41, 5.74) is 8.68. The van der Waals surface area contributed by atoms with Crippen molar-refractivity contribution >= 4 is 17.3 Å². The molecule has 2 aliphatic rings. The Morgan fingerprint density at radius 1 is 1.22 bits per heavy atom. The molecule has 1 unspecified atom stereocenters. The van der Waals surface area contributed by atoms with Gasteiger partial charge in [-0.2, -0.15) is 0 Å². The zero-order valence-corrected chi connectivity index (χ0v) is 22.2. The molecule has 0 amide bonds. The highest BCUT2D eigenvalue weighted by atomic mass is 32.2. The second kappa shape index (κ2) is 10.0. The number of thioether (sulfide) groups is 1. The smallest absolute Gasteiger partial charge is 0.0201 e. The number of hydrogen-bond donors (Lipinski definition) is 0. The van der Waals surface area contributed by atoms with Crippen LogP contribution in [0.15, 0.2) is 75.6 Å². The van der Waals surface area contributed by atoms with Crippen LogP contribution in [0.4, 0.5) is 0 Å². The fourth-order valence-corrected chi connectivity index (χ4v) is 5.86. The van der Waals surface area contributed by atoms with E-state index in [1.54, 1.807) is 0 Å². The maximum absolute atomic E-state index is 4.58. The standard InChI is InChI=1S/C31H42S/c1-9-22(4)18-23(5)19-25-12-13-28-26(20-25)24(6)27-21-31(8,15-14-29(27)32-28)17-16-30(7,10-2)11-3/h9,12-14,18,20-21H,6,10-11,15-17,19H2,1-5,7-8H3/b22-9-,23-18+. The van der Waals surface area contributed by atoms with Crippen LogP contribution in [0.1, 0.15) is 91.7 Å². The highest BCUT2D eigenvalue weighted by Gasteiger charge is 2.33. The molecular weight excluding hydrogens is 404 g/mol. The van der Waals surface area contributed by atoms with Gasteiger partial charge in [-0.1, -0.05) is 100 Å². The fourth-order valence-electron chi connectivity index (χ4n) is 4.73. The zero-order valence-electron chi connectivity index (χ0n) is 21.4. The predicted molar refractivity (Wildman–Crippen MR) is 145 cm³/mol. The summed E-state index contributed by atoms with van der Waals surface area (Å²) in [7, 11) is 0. The van der Waals surface area contributed by atoms with E-state index in [1.807, 2.05) is 11.8 Å². The van der Waals surface area contributed by atoms with Crippen LogP contribution in [0.5, 0.6) is 0 Å². The molecule has 1 heterocycles. The van der Waals surface area contributed by atoms with E-state index in [9.17, 15) is 0 Å². The fraction of sp³-hybridized carbons (Fsp3) is 0.484. The molecule has 0 nitrogen and oxygen atoms in total. The normalized spacial score (nSPS) is 21.7. The van der Waals surface area contributed by atoms with Crippen molar-refractivity contribution in [2.75, 3.05) is 0 Å². The van der Waals surface area contributed by atoms with Crippen molar-refractivity contribution in [2.24, 2.45) is 10.8 Å². The lowest BCUT2D eigenvalue weighted by atomic mass is 9.70. The maximum Gasteiger partial charge on any atom is 0.0201 e. The molecule has 172 valence electrons. The molecule has 1 atom stereocenters. The van der Waals surface area contributed by atoms with E-state index < -0.39 is 0 Å². The van der Waals surface area contributed by atoms with Gasteiger partial charge in [0.05, 0.1) is 0 Å². The number of hydrogen-bond acceptors (Lipinski definition) is 1. The number of fused-ring (bicyclic) bond motifs is 2. The van der Waals surface area contributed by atoms with Gasteiger partial charge in [-0.05, 0) is 91.7 Å². The Morgan fingerprint density at radius 2 is 1.94 bits per heavy atom. The van der Waals surface area contributed by atoms with Crippen molar-refractivity contribution in [3.8, 4) is 0 Å².